The van der Waals surface area contributed by atoms with Crippen LogP contribution < -0.4 is 10.6 Å². The van der Waals surface area contributed by atoms with Crippen molar-refractivity contribution < 1.29 is 28.7 Å². The van der Waals surface area contributed by atoms with Gasteiger partial charge in [-0.3, -0.25) is 9.59 Å². The SMILES string of the molecule is CCOC(=O)c1sc(NC(=O)C(C)Sc2nnc(NC(=O)CCC3CCCC3)s2)c(C(=O)OCC)c1C. The summed E-state index contributed by atoms with van der Waals surface area (Å²) in [4.78, 5) is 50.3. The molecule has 2 aromatic rings. The lowest BCUT2D eigenvalue weighted by Gasteiger charge is -2.10. The van der Waals surface area contributed by atoms with Crippen molar-refractivity contribution in [3.8, 4) is 0 Å². The first-order valence-corrected chi connectivity index (χ1v) is 14.8. The third kappa shape index (κ3) is 7.99. The molecule has 1 saturated carbocycles. The van der Waals surface area contributed by atoms with Crippen LogP contribution in [0.1, 0.15) is 84.9 Å². The van der Waals surface area contributed by atoms with E-state index in [-0.39, 0.29) is 40.5 Å². The summed E-state index contributed by atoms with van der Waals surface area (Å²) in [6.07, 6.45) is 6.24. The molecule has 13 heteroatoms. The highest BCUT2D eigenvalue weighted by molar-refractivity contribution is 8.02. The smallest absolute Gasteiger partial charge is 0.348 e. The molecular weight excluding hydrogens is 536 g/mol. The zero-order chi connectivity index (χ0) is 26.9. The van der Waals surface area contributed by atoms with Crippen molar-refractivity contribution in [1.82, 2.24) is 10.2 Å². The van der Waals surface area contributed by atoms with Gasteiger partial charge in [-0.05, 0) is 45.6 Å². The van der Waals surface area contributed by atoms with Crippen molar-refractivity contribution >= 4 is 68.3 Å². The molecule has 0 radical (unpaired) electrons. The van der Waals surface area contributed by atoms with Crippen LogP contribution in [0.15, 0.2) is 4.34 Å². The molecule has 0 spiro atoms. The predicted molar refractivity (Wildman–Crippen MR) is 145 cm³/mol. The summed E-state index contributed by atoms with van der Waals surface area (Å²) in [5.74, 6) is -1.02. The summed E-state index contributed by atoms with van der Waals surface area (Å²) in [6.45, 7) is 7.02. The second kappa shape index (κ2) is 13.9. The van der Waals surface area contributed by atoms with Gasteiger partial charge in [-0.1, -0.05) is 48.8 Å². The van der Waals surface area contributed by atoms with Crippen molar-refractivity contribution in [3.63, 3.8) is 0 Å². The summed E-state index contributed by atoms with van der Waals surface area (Å²) in [5, 5.41) is 13.6. The molecule has 37 heavy (non-hydrogen) atoms. The van der Waals surface area contributed by atoms with Gasteiger partial charge in [0.2, 0.25) is 16.9 Å². The molecule has 10 nitrogen and oxygen atoms in total. The number of thiophene rings is 1. The molecule has 0 aliphatic heterocycles. The molecule has 202 valence electrons. The van der Waals surface area contributed by atoms with E-state index in [1.165, 1.54) is 48.8 Å². The van der Waals surface area contributed by atoms with E-state index in [0.29, 0.717) is 27.4 Å². The fourth-order valence-corrected chi connectivity index (χ4v) is 6.99. The normalized spacial score (nSPS) is 14.3. The van der Waals surface area contributed by atoms with E-state index >= 15 is 0 Å². The summed E-state index contributed by atoms with van der Waals surface area (Å²) in [5.41, 5.74) is 0.536. The summed E-state index contributed by atoms with van der Waals surface area (Å²) >= 11 is 3.35. The minimum absolute atomic E-state index is 0.0812. The lowest BCUT2D eigenvalue weighted by Crippen LogP contribution is -2.23. The fraction of sp³-hybridized carbons (Fsp3) is 0.583. The lowest BCUT2D eigenvalue weighted by molar-refractivity contribution is -0.116. The van der Waals surface area contributed by atoms with Gasteiger partial charge in [0, 0.05) is 6.42 Å². The molecule has 1 unspecified atom stereocenters. The Labute approximate surface area is 228 Å². The van der Waals surface area contributed by atoms with E-state index in [0.717, 1.165) is 17.8 Å². The van der Waals surface area contributed by atoms with E-state index in [2.05, 4.69) is 20.8 Å². The molecule has 0 bridgehead atoms. The van der Waals surface area contributed by atoms with Crippen molar-refractivity contribution in [2.75, 3.05) is 23.8 Å². The Hall–Kier alpha value is -2.51. The van der Waals surface area contributed by atoms with Crippen LogP contribution in [0.5, 0.6) is 0 Å². The highest BCUT2D eigenvalue weighted by Gasteiger charge is 2.28. The number of esters is 2. The van der Waals surface area contributed by atoms with Gasteiger partial charge in [0.1, 0.15) is 9.88 Å². The molecular formula is C24H32N4O6S3. The molecule has 1 atom stereocenters. The number of thioether (sulfide) groups is 1. The van der Waals surface area contributed by atoms with Crippen LogP contribution >= 0.6 is 34.4 Å². The number of anilines is 2. The van der Waals surface area contributed by atoms with Gasteiger partial charge in [-0.2, -0.15) is 0 Å². The number of carbonyl (C=O) groups is 4. The average Bonchev–Trinajstić information content (AvgIpc) is 3.59. The zero-order valence-electron chi connectivity index (χ0n) is 21.4. The first kappa shape index (κ1) is 29.1. The minimum atomic E-state index is -0.625. The Morgan fingerprint density at radius 2 is 1.70 bits per heavy atom. The number of hydrogen-bond acceptors (Lipinski definition) is 11. The van der Waals surface area contributed by atoms with Gasteiger partial charge < -0.3 is 20.1 Å². The number of rotatable bonds is 12. The van der Waals surface area contributed by atoms with E-state index in [1.807, 2.05) is 0 Å². The summed E-state index contributed by atoms with van der Waals surface area (Å²) < 4.78 is 10.7. The lowest BCUT2D eigenvalue weighted by atomic mass is 10.0. The van der Waals surface area contributed by atoms with Crippen LogP contribution in [0.3, 0.4) is 0 Å². The van der Waals surface area contributed by atoms with Crippen molar-refractivity contribution in [3.05, 3.63) is 16.0 Å². The van der Waals surface area contributed by atoms with Crippen molar-refractivity contribution in [1.29, 1.82) is 0 Å². The second-order valence-electron chi connectivity index (χ2n) is 8.56. The molecule has 2 amide bonds. The number of hydrogen-bond donors (Lipinski definition) is 2. The van der Waals surface area contributed by atoms with E-state index in [4.69, 9.17) is 9.47 Å². The number of carbonyl (C=O) groups excluding carboxylic acids is 4. The number of aromatic nitrogens is 2. The highest BCUT2D eigenvalue weighted by atomic mass is 32.2. The maximum absolute atomic E-state index is 13.0. The molecule has 3 rings (SSSR count). The van der Waals surface area contributed by atoms with Crippen molar-refractivity contribution in [2.24, 2.45) is 5.92 Å². The minimum Gasteiger partial charge on any atom is -0.462 e. The molecule has 0 saturated heterocycles. The number of nitrogens with one attached hydrogen (secondary N) is 2. The maximum Gasteiger partial charge on any atom is 0.348 e. The molecule has 1 aliphatic rings. The van der Waals surface area contributed by atoms with Gasteiger partial charge in [0.05, 0.1) is 24.0 Å². The van der Waals surface area contributed by atoms with E-state index in [1.54, 1.807) is 27.7 Å². The van der Waals surface area contributed by atoms with Crippen LogP contribution in [0.25, 0.3) is 0 Å². The number of nitrogens with zero attached hydrogens (tertiary/aromatic N) is 2. The maximum atomic E-state index is 13.0. The van der Waals surface area contributed by atoms with Crippen LogP contribution in [-0.2, 0) is 19.1 Å². The van der Waals surface area contributed by atoms with Gasteiger partial charge in [-0.25, -0.2) is 9.59 Å². The molecule has 2 aromatic heterocycles. The summed E-state index contributed by atoms with van der Waals surface area (Å²) in [7, 11) is 0. The molecule has 2 N–H and O–H groups in total. The molecule has 1 aliphatic carbocycles. The topological polar surface area (TPSA) is 137 Å². The second-order valence-corrected chi connectivity index (χ2v) is 12.1. The Bertz CT molecular complexity index is 1130. The largest absolute Gasteiger partial charge is 0.462 e. The highest BCUT2D eigenvalue weighted by Crippen LogP contribution is 2.36. The van der Waals surface area contributed by atoms with Crippen LogP contribution in [-0.4, -0.2) is 52.4 Å². The number of ether oxygens (including phenoxy) is 2. The average molecular weight is 569 g/mol. The molecule has 2 heterocycles. The van der Waals surface area contributed by atoms with Gasteiger partial charge in [0.15, 0.2) is 4.34 Å². The van der Waals surface area contributed by atoms with Crippen LogP contribution in [0.2, 0.25) is 0 Å². The summed E-state index contributed by atoms with van der Waals surface area (Å²) in [6, 6.07) is 0. The van der Waals surface area contributed by atoms with Crippen molar-refractivity contribution in [2.45, 2.75) is 75.8 Å². The fourth-order valence-electron chi connectivity index (χ4n) is 3.98. The number of amides is 2. The Morgan fingerprint density at radius 3 is 2.38 bits per heavy atom. The van der Waals surface area contributed by atoms with Gasteiger partial charge in [-0.15, -0.1) is 21.5 Å². The first-order chi connectivity index (χ1) is 17.7. The third-order valence-corrected chi connectivity index (χ3v) is 9.09. The first-order valence-electron chi connectivity index (χ1n) is 12.3. The monoisotopic (exact) mass is 568 g/mol. The van der Waals surface area contributed by atoms with Gasteiger partial charge in [0.25, 0.3) is 0 Å². The quantitative estimate of drug-likeness (QED) is 0.199. The van der Waals surface area contributed by atoms with Crippen LogP contribution in [0.4, 0.5) is 10.1 Å². The Balaban J connectivity index is 1.61. The van der Waals surface area contributed by atoms with Crippen LogP contribution in [0, 0.1) is 12.8 Å². The standard InChI is InChI=1S/C24H32N4O6S3/c1-5-33-21(31)17-13(3)18(22(32)34-6-2)36-20(17)26-19(30)14(4)35-24-28-27-23(37-24)25-16(29)12-11-15-9-7-8-10-15/h14-15H,5-12H2,1-4H3,(H,26,30)(H,25,27,29). The molecule has 0 aromatic carbocycles. The Kier molecular flexibility index (Phi) is 10.9. The molecule has 1 fully saturated rings. The van der Waals surface area contributed by atoms with Gasteiger partial charge >= 0.3 is 11.9 Å². The zero-order valence-corrected chi connectivity index (χ0v) is 23.8. The Morgan fingerprint density at radius 1 is 1.03 bits per heavy atom. The van der Waals surface area contributed by atoms with E-state index in [9.17, 15) is 19.2 Å². The van der Waals surface area contributed by atoms with E-state index < -0.39 is 17.2 Å². The predicted octanol–water partition coefficient (Wildman–Crippen LogP) is 5.29. The third-order valence-electron chi connectivity index (χ3n) is 5.88.